The summed E-state index contributed by atoms with van der Waals surface area (Å²) in [4.78, 5) is 15.2. The second-order valence-corrected chi connectivity index (χ2v) is 8.05. The van der Waals surface area contributed by atoms with Gasteiger partial charge in [-0.1, -0.05) is 61.6 Å². The first-order valence-electron chi connectivity index (χ1n) is 9.17. The van der Waals surface area contributed by atoms with Crippen LogP contribution in [0.2, 0.25) is 0 Å². The lowest BCUT2D eigenvalue weighted by Crippen LogP contribution is -2.27. The summed E-state index contributed by atoms with van der Waals surface area (Å²) in [5, 5.41) is 0. The number of hydrogen-bond donors (Lipinski definition) is 0. The molecular weight excluding hydrogens is 390 g/mol. The minimum Gasteiger partial charge on any atom is -0.493 e. The van der Waals surface area contributed by atoms with Crippen molar-refractivity contribution < 1.29 is 14.3 Å². The first-order valence-corrected chi connectivity index (χ1v) is 10.4. The van der Waals surface area contributed by atoms with E-state index in [1.807, 2.05) is 30.3 Å². The molecule has 4 nitrogen and oxygen atoms in total. The first kappa shape index (κ1) is 20.4. The predicted octanol–water partition coefficient (Wildman–Crippen LogP) is 5.45. The minimum absolute atomic E-state index is 0.124. The van der Waals surface area contributed by atoms with Crippen molar-refractivity contribution in [3.63, 3.8) is 0 Å². The molecule has 146 valence electrons. The summed E-state index contributed by atoms with van der Waals surface area (Å²) in [6, 6.07) is 13.6. The maximum atomic E-state index is 13.0. The fourth-order valence-electron chi connectivity index (χ4n) is 3.05. The van der Waals surface area contributed by atoms with E-state index in [2.05, 4.69) is 19.1 Å². The van der Waals surface area contributed by atoms with Crippen molar-refractivity contribution in [2.75, 3.05) is 19.1 Å². The number of carbonyl (C=O) groups excluding carboxylic acids is 1. The molecule has 1 fully saturated rings. The van der Waals surface area contributed by atoms with Gasteiger partial charge >= 0.3 is 0 Å². The van der Waals surface area contributed by atoms with Crippen LogP contribution in [-0.4, -0.2) is 24.4 Å². The third-order valence-electron chi connectivity index (χ3n) is 4.53. The molecule has 0 atom stereocenters. The van der Waals surface area contributed by atoms with E-state index in [1.54, 1.807) is 25.2 Å². The summed E-state index contributed by atoms with van der Waals surface area (Å²) in [6.45, 7) is 2.18. The van der Waals surface area contributed by atoms with E-state index in [0.717, 1.165) is 30.5 Å². The molecule has 2 aromatic carbocycles. The zero-order valence-corrected chi connectivity index (χ0v) is 17.9. The number of thioether (sulfide) groups is 1. The smallest absolute Gasteiger partial charge is 0.270 e. The molecule has 0 N–H and O–H groups in total. The fourth-order valence-corrected chi connectivity index (χ4v) is 4.34. The third kappa shape index (κ3) is 4.23. The van der Waals surface area contributed by atoms with Gasteiger partial charge in [0.25, 0.3) is 5.91 Å². The molecule has 0 unspecified atom stereocenters. The number of anilines is 1. The van der Waals surface area contributed by atoms with Gasteiger partial charge in [0, 0.05) is 5.56 Å². The Labute approximate surface area is 175 Å². The van der Waals surface area contributed by atoms with Gasteiger partial charge in [-0.2, -0.15) is 0 Å². The highest BCUT2D eigenvalue weighted by Crippen LogP contribution is 2.39. The van der Waals surface area contributed by atoms with Crippen molar-refractivity contribution in [2.24, 2.45) is 0 Å². The van der Waals surface area contributed by atoms with E-state index >= 15 is 0 Å². The molecule has 6 heteroatoms. The number of unbranched alkanes of at least 4 members (excludes halogenated alkanes) is 1. The summed E-state index contributed by atoms with van der Waals surface area (Å²) in [7, 11) is 3.17. The molecule has 2 aromatic rings. The van der Waals surface area contributed by atoms with Gasteiger partial charge in [-0.15, -0.1) is 0 Å². The van der Waals surface area contributed by atoms with Crippen molar-refractivity contribution in [2.45, 2.75) is 26.2 Å². The molecule has 0 bridgehead atoms. The second kappa shape index (κ2) is 9.26. The molecule has 0 aliphatic carbocycles. The average Bonchev–Trinajstić information content (AvgIpc) is 2.99. The van der Waals surface area contributed by atoms with Gasteiger partial charge in [0.2, 0.25) is 0 Å². The number of methoxy groups -OCH3 is 2. The number of carbonyl (C=O) groups is 1. The Kier molecular flexibility index (Phi) is 6.75. The third-order valence-corrected chi connectivity index (χ3v) is 5.83. The maximum Gasteiger partial charge on any atom is 0.270 e. The Morgan fingerprint density at radius 1 is 1.11 bits per heavy atom. The molecule has 0 saturated carbocycles. The molecule has 1 amide bonds. The topological polar surface area (TPSA) is 38.8 Å². The zero-order chi connectivity index (χ0) is 20.1. The number of benzene rings is 2. The van der Waals surface area contributed by atoms with Crippen LogP contribution >= 0.6 is 24.0 Å². The van der Waals surface area contributed by atoms with E-state index in [1.165, 1.54) is 17.3 Å². The highest BCUT2D eigenvalue weighted by atomic mass is 32.2. The quantitative estimate of drug-likeness (QED) is 0.446. The number of ether oxygens (including phenoxy) is 2. The highest BCUT2D eigenvalue weighted by molar-refractivity contribution is 8.27. The largest absolute Gasteiger partial charge is 0.493 e. The number of thiocarbonyl (C=S) groups is 1. The summed E-state index contributed by atoms with van der Waals surface area (Å²) in [6.07, 6.45) is 5.17. The number of para-hydroxylation sites is 1. The summed E-state index contributed by atoms with van der Waals surface area (Å²) < 4.78 is 11.3. The predicted molar refractivity (Wildman–Crippen MR) is 120 cm³/mol. The van der Waals surface area contributed by atoms with Crippen molar-refractivity contribution in [1.82, 2.24) is 0 Å². The highest BCUT2D eigenvalue weighted by Gasteiger charge is 2.33. The molecule has 1 saturated heterocycles. The lowest BCUT2D eigenvalue weighted by atomic mass is 10.1. The fraction of sp³-hybridized carbons (Fsp3) is 0.273. The summed E-state index contributed by atoms with van der Waals surface area (Å²) in [5.74, 6) is 1.09. The Morgan fingerprint density at radius 3 is 2.50 bits per heavy atom. The Bertz CT molecular complexity index is 906. The molecule has 0 spiro atoms. The van der Waals surface area contributed by atoms with Crippen LogP contribution in [0.15, 0.2) is 47.4 Å². The number of hydrogen-bond acceptors (Lipinski definition) is 5. The molecule has 1 aliphatic heterocycles. The normalized spacial score (nSPS) is 15.4. The second-order valence-electron chi connectivity index (χ2n) is 6.37. The Morgan fingerprint density at radius 2 is 1.86 bits per heavy atom. The van der Waals surface area contributed by atoms with Gasteiger partial charge in [-0.25, -0.2) is 0 Å². The number of amides is 1. The van der Waals surface area contributed by atoms with Crippen LogP contribution in [-0.2, 0) is 11.2 Å². The summed E-state index contributed by atoms with van der Waals surface area (Å²) >= 11 is 6.77. The molecule has 3 rings (SSSR count). The average molecular weight is 414 g/mol. The van der Waals surface area contributed by atoms with Crippen LogP contribution < -0.4 is 14.4 Å². The van der Waals surface area contributed by atoms with Gasteiger partial charge in [-0.05, 0) is 42.7 Å². The molecule has 28 heavy (non-hydrogen) atoms. The van der Waals surface area contributed by atoms with Crippen molar-refractivity contribution >= 4 is 46.0 Å². The standard InChI is InChI=1S/C22H23NO3S2/c1-4-5-7-15-10-12-17(13-11-15)23-21(24)19(28-22(23)27)14-16-8-6-9-18(25-2)20(16)26-3/h6,8-14H,4-5,7H2,1-3H3. The zero-order valence-electron chi connectivity index (χ0n) is 16.2. The van der Waals surface area contributed by atoms with Crippen molar-refractivity contribution in [3.05, 3.63) is 58.5 Å². The van der Waals surface area contributed by atoms with Gasteiger partial charge in [0.05, 0.1) is 24.8 Å². The molecule has 0 radical (unpaired) electrons. The van der Waals surface area contributed by atoms with Crippen LogP contribution in [0.5, 0.6) is 11.5 Å². The van der Waals surface area contributed by atoms with E-state index in [9.17, 15) is 4.79 Å². The van der Waals surface area contributed by atoms with Gasteiger partial charge in [0.1, 0.15) is 0 Å². The lowest BCUT2D eigenvalue weighted by Gasteiger charge is -2.15. The monoisotopic (exact) mass is 413 g/mol. The van der Waals surface area contributed by atoms with E-state index < -0.39 is 0 Å². The first-order chi connectivity index (χ1) is 13.6. The molecule has 0 aromatic heterocycles. The van der Waals surface area contributed by atoms with Crippen LogP contribution in [0.1, 0.15) is 30.9 Å². The number of nitrogens with zero attached hydrogens (tertiary/aromatic N) is 1. The van der Waals surface area contributed by atoms with Gasteiger partial charge < -0.3 is 9.47 Å². The lowest BCUT2D eigenvalue weighted by molar-refractivity contribution is -0.113. The van der Waals surface area contributed by atoms with Crippen molar-refractivity contribution in [1.29, 1.82) is 0 Å². The van der Waals surface area contributed by atoms with E-state index in [4.69, 9.17) is 21.7 Å². The van der Waals surface area contributed by atoms with Crippen LogP contribution in [0.4, 0.5) is 5.69 Å². The Balaban J connectivity index is 1.87. The summed E-state index contributed by atoms with van der Waals surface area (Å²) in [5.41, 5.74) is 2.84. The maximum absolute atomic E-state index is 13.0. The van der Waals surface area contributed by atoms with Crippen molar-refractivity contribution in [3.8, 4) is 11.5 Å². The van der Waals surface area contributed by atoms with E-state index in [-0.39, 0.29) is 5.91 Å². The van der Waals surface area contributed by atoms with Crippen LogP contribution in [0.25, 0.3) is 6.08 Å². The van der Waals surface area contributed by atoms with Gasteiger partial charge in [-0.3, -0.25) is 9.69 Å². The minimum atomic E-state index is -0.124. The van der Waals surface area contributed by atoms with E-state index in [0.29, 0.717) is 20.7 Å². The SMILES string of the molecule is CCCCc1ccc(N2C(=O)C(=Cc3cccc(OC)c3OC)SC2=S)cc1. The molecule has 1 aliphatic rings. The number of aryl methyl sites for hydroxylation is 1. The molecule has 1 heterocycles. The molecular formula is C22H23NO3S2. The number of rotatable bonds is 7. The van der Waals surface area contributed by atoms with Crippen LogP contribution in [0.3, 0.4) is 0 Å². The van der Waals surface area contributed by atoms with Crippen LogP contribution in [0, 0.1) is 0 Å². The Hall–Kier alpha value is -2.31. The van der Waals surface area contributed by atoms with Gasteiger partial charge in [0.15, 0.2) is 15.8 Å².